The van der Waals surface area contributed by atoms with Gasteiger partial charge in [-0.25, -0.2) is 4.98 Å². The lowest BCUT2D eigenvalue weighted by Gasteiger charge is -2.34. The van der Waals surface area contributed by atoms with Gasteiger partial charge in [-0.3, -0.25) is 9.59 Å². The zero-order valence-electron chi connectivity index (χ0n) is 18.8. The fourth-order valence-corrected chi connectivity index (χ4v) is 3.76. The molecule has 4 N–H and O–H groups in total. The van der Waals surface area contributed by atoms with Crippen LogP contribution in [0.1, 0.15) is 11.1 Å². The second kappa shape index (κ2) is 11.1. The van der Waals surface area contributed by atoms with Crippen LogP contribution in [0.3, 0.4) is 0 Å². The number of ether oxygens (including phenoxy) is 2. The molecule has 2 heterocycles. The van der Waals surface area contributed by atoms with Crippen LogP contribution in [0.2, 0.25) is 0 Å². The van der Waals surface area contributed by atoms with Crippen molar-refractivity contribution in [1.29, 1.82) is 5.26 Å². The van der Waals surface area contributed by atoms with E-state index in [0.717, 1.165) is 5.39 Å². The normalized spacial score (nSPS) is 16.2. The first-order chi connectivity index (χ1) is 16.4. The highest BCUT2D eigenvalue weighted by Gasteiger charge is 2.39. The van der Waals surface area contributed by atoms with E-state index in [0.29, 0.717) is 33.9 Å². The van der Waals surface area contributed by atoms with Crippen molar-refractivity contribution < 1.29 is 24.2 Å². The summed E-state index contributed by atoms with van der Waals surface area (Å²) >= 11 is 0. The van der Waals surface area contributed by atoms with E-state index in [1.54, 1.807) is 24.3 Å². The summed E-state index contributed by atoms with van der Waals surface area (Å²) in [5.41, 5.74) is 8.14. The van der Waals surface area contributed by atoms with Gasteiger partial charge in [0, 0.05) is 35.9 Å². The summed E-state index contributed by atoms with van der Waals surface area (Å²) in [4.78, 5) is 31.7. The van der Waals surface area contributed by atoms with Crippen LogP contribution in [0.15, 0.2) is 48.5 Å². The maximum absolute atomic E-state index is 13.1. The van der Waals surface area contributed by atoms with Crippen LogP contribution in [0.5, 0.6) is 5.88 Å². The number of hydrogen-bond donors (Lipinski definition) is 3. The van der Waals surface area contributed by atoms with Gasteiger partial charge in [0.1, 0.15) is 0 Å². The number of rotatable bonds is 6. The summed E-state index contributed by atoms with van der Waals surface area (Å²) in [5, 5.41) is 23.2. The second-order valence-electron chi connectivity index (χ2n) is 7.63. The maximum Gasteiger partial charge on any atom is 0.259 e. The summed E-state index contributed by atoms with van der Waals surface area (Å²) in [5.74, 6) is -0.903. The number of carbonyl (C=O) groups is 2. The van der Waals surface area contributed by atoms with Gasteiger partial charge >= 0.3 is 0 Å². The minimum absolute atomic E-state index is 0. The number of methoxy groups -OCH3 is 1. The van der Waals surface area contributed by atoms with Crippen LogP contribution in [0.4, 0.5) is 11.4 Å². The number of nitriles is 1. The number of aliphatic hydroxyl groups excluding tert-OH is 1. The Morgan fingerprint density at radius 3 is 2.83 bits per heavy atom. The Balaban J connectivity index is 0.00000342. The molecular weight excluding hydrogens is 474 g/mol. The fourth-order valence-electron chi connectivity index (χ4n) is 3.76. The molecule has 0 saturated carbocycles. The highest BCUT2D eigenvalue weighted by atomic mass is 35.5. The minimum atomic E-state index is -1.74. The quantitative estimate of drug-likeness (QED) is 0.465. The molecule has 2 aromatic carbocycles. The van der Waals surface area contributed by atoms with E-state index in [-0.39, 0.29) is 32.1 Å². The van der Waals surface area contributed by atoms with Gasteiger partial charge in [-0.15, -0.1) is 12.4 Å². The van der Waals surface area contributed by atoms with E-state index < -0.39 is 24.0 Å². The summed E-state index contributed by atoms with van der Waals surface area (Å²) in [6, 6.07) is 15.6. The van der Waals surface area contributed by atoms with Gasteiger partial charge in [-0.05, 0) is 42.0 Å². The van der Waals surface area contributed by atoms with Gasteiger partial charge in [0.15, 0.2) is 12.2 Å². The number of hydrogen-bond acceptors (Lipinski definition) is 8. The summed E-state index contributed by atoms with van der Waals surface area (Å²) in [6.45, 7) is 0.508. The number of nitrogens with two attached hydrogens (primary N) is 1. The lowest BCUT2D eigenvalue weighted by molar-refractivity contribution is -0.150. The molecule has 0 spiro atoms. The van der Waals surface area contributed by atoms with Crippen molar-refractivity contribution in [2.45, 2.75) is 18.8 Å². The molecule has 35 heavy (non-hydrogen) atoms. The zero-order chi connectivity index (χ0) is 24.2. The third-order valence-electron chi connectivity index (χ3n) is 5.56. The summed E-state index contributed by atoms with van der Waals surface area (Å²) < 4.78 is 10.6. The molecule has 10 nitrogen and oxygen atoms in total. The third kappa shape index (κ3) is 5.34. The van der Waals surface area contributed by atoms with Crippen molar-refractivity contribution in [3.05, 3.63) is 59.7 Å². The highest BCUT2D eigenvalue weighted by Crippen LogP contribution is 2.26. The molecule has 2 amide bonds. The van der Waals surface area contributed by atoms with E-state index in [2.05, 4.69) is 10.3 Å². The number of benzene rings is 2. The van der Waals surface area contributed by atoms with Crippen molar-refractivity contribution in [3.8, 4) is 11.9 Å². The number of morpholine rings is 1. The van der Waals surface area contributed by atoms with Gasteiger partial charge in [0.2, 0.25) is 5.88 Å². The monoisotopic (exact) mass is 497 g/mol. The molecule has 182 valence electrons. The highest BCUT2D eigenvalue weighted by molar-refractivity contribution is 6.04. The first-order valence-electron chi connectivity index (χ1n) is 10.5. The molecule has 1 aliphatic rings. The van der Waals surface area contributed by atoms with E-state index in [1.165, 1.54) is 24.1 Å². The lowest BCUT2D eigenvalue weighted by atomic mass is 10.1. The SMILES string of the molecule is COc1ccc2ccc(N3CCO[C@H]([C@@H](O)C(=O)Nc4ccc(C#N)c(CN)c4)C3=O)cc2n1.Cl. The predicted octanol–water partition coefficient (Wildman–Crippen LogP) is 1.73. The second-order valence-corrected chi connectivity index (χ2v) is 7.63. The number of anilines is 2. The first kappa shape index (κ1) is 25.9. The van der Waals surface area contributed by atoms with Crippen LogP contribution in [-0.2, 0) is 20.9 Å². The molecule has 1 aromatic heterocycles. The number of nitrogens with one attached hydrogen (secondary N) is 1. The van der Waals surface area contributed by atoms with Crippen molar-refractivity contribution in [2.75, 3.05) is 30.5 Å². The average Bonchev–Trinajstić information content (AvgIpc) is 2.87. The average molecular weight is 498 g/mol. The topological polar surface area (TPSA) is 151 Å². The number of nitrogens with zero attached hydrogens (tertiary/aromatic N) is 3. The molecule has 2 atom stereocenters. The predicted molar refractivity (Wildman–Crippen MR) is 131 cm³/mol. The number of fused-ring (bicyclic) bond motifs is 1. The van der Waals surface area contributed by atoms with E-state index >= 15 is 0 Å². The van der Waals surface area contributed by atoms with Gasteiger partial charge < -0.3 is 30.5 Å². The van der Waals surface area contributed by atoms with Gasteiger partial charge in [-0.1, -0.05) is 6.07 Å². The molecule has 1 saturated heterocycles. The molecular formula is C24H24ClN5O5. The molecule has 3 aromatic rings. The number of amides is 2. The first-order valence-corrected chi connectivity index (χ1v) is 10.5. The minimum Gasteiger partial charge on any atom is -0.481 e. The zero-order valence-corrected chi connectivity index (χ0v) is 19.6. The molecule has 1 aliphatic heterocycles. The van der Waals surface area contributed by atoms with E-state index in [1.807, 2.05) is 18.2 Å². The van der Waals surface area contributed by atoms with Crippen molar-refractivity contribution in [2.24, 2.45) is 5.73 Å². The molecule has 11 heteroatoms. The van der Waals surface area contributed by atoms with E-state index in [9.17, 15) is 14.7 Å². The fraction of sp³-hybridized carbons (Fsp3) is 0.250. The van der Waals surface area contributed by atoms with Crippen LogP contribution < -0.4 is 20.7 Å². The molecule has 0 aliphatic carbocycles. The number of pyridine rings is 1. The molecule has 4 rings (SSSR count). The lowest BCUT2D eigenvalue weighted by Crippen LogP contribution is -2.55. The molecule has 0 unspecified atom stereocenters. The molecule has 0 bridgehead atoms. The Bertz CT molecular complexity index is 1300. The Morgan fingerprint density at radius 2 is 2.11 bits per heavy atom. The Hall–Kier alpha value is -3.75. The Morgan fingerprint density at radius 1 is 1.34 bits per heavy atom. The largest absolute Gasteiger partial charge is 0.481 e. The molecule has 1 fully saturated rings. The van der Waals surface area contributed by atoms with E-state index in [4.69, 9.17) is 20.5 Å². The van der Waals surface area contributed by atoms with Gasteiger partial charge in [-0.2, -0.15) is 5.26 Å². The Labute approximate surface area is 207 Å². The third-order valence-corrected chi connectivity index (χ3v) is 5.56. The number of aromatic nitrogens is 1. The summed E-state index contributed by atoms with van der Waals surface area (Å²) in [6.07, 6.45) is -3.12. The van der Waals surface area contributed by atoms with Crippen LogP contribution >= 0.6 is 12.4 Å². The number of aliphatic hydroxyl groups is 1. The smallest absolute Gasteiger partial charge is 0.259 e. The summed E-state index contributed by atoms with van der Waals surface area (Å²) in [7, 11) is 1.52. The van der Waals surface area contributed by atoms with Crippen LogP contribution in [0, 0.1) is 11.3 Å². The van der Waals surface area contributed by atoms with Crippen LogP contribution in [0.25, 0.3) is 10.9 Å². The van der Waals surface area contributed by atoms with Gasteiger partial charge in [0.25, 0.3) is 11.8 Å². The van der Waals surface area contributed by atoms with Crippen molar-refractivity contribution >= 4 is 46.5 Å². The maximum atomic E-state index is 13.1. The Kier molecular flexibility index (Phi) is 8.22. The van der Waals surface area contributed by atoms with Crippen LogP contribution in [-0.4, -0.2) is 54.4 Å². The standard InChI is InChI=1S/C24H23N5O5.ClH/c1-33-20-7-4-14-3-6-18(11-19(14)28-20)29-8-9-34-22(24(29)32)21(30)23(31)27-17-5-2-15(12-25)16(10-17)13-26;/h2-7,10-11,21-22,30H,8-9,13,26H2,1H3,(H,27,31);1H/t21-,22-;/m1./s1. The van der Waals surface area contributed by atoms with Crippen molar-refractivity contribution in [3.63, 3.8) is 0 Å². The number of carbonyl (C=O) groups excluding carboxylic acids is 2. The van der Waals surface area contributed by atoms with Gasteiger partial charge in [0.05, 0.1) is 30.9 Å². The molecule has 0 radical (unpaired) electrons. The number of halogens is 1. The van der Waals surface area contributed by atoms with Crippen molar-refractivity contribution in [1.82, 2.24) is 4.98 Å².